The first kappa shape index (κ1) is 13.2. The predicted molar refractivity (Wildman–Crippen MR) is 85.4 cm³/mol. The summed E-state index contributed by atoms with van der Waals surface area (Å²) in [4.78, 5) is 4.64. The molecule has 0 aliphatic heterocycles. The molecule has 3 heteroatoms. The van der Waals surface area contributed by atoms with Gasteiger partial charge in [0.2, 0.25) is 0 Å². The van der Waals surface area contributed by atoms with Crippen LogP contribution in [0.2, 0.25) is 0 Å². The number of rotatable bonds is 4. The first-order chi connectivity index (χ1) is 10.3. The summed E-state index contributed by atoms with van der Waals surface area (Å²) >= 11 is 0. The highest BCUT2D eigenvalue weighted by Gasteiger charge is 2.40. The molecule has 1 aromatic carbocycles. The number of hydrogen-bond donors (Lipinski definition) is 2. The Labute approximate surface area is 125 Å². The van der Waals surface area contributed by atoms with Crippen molar-refractivity contribution in [1.82, 2.24) is 10.4 Å². The van der Waals surface area contributed by atoms with Gasteiger partial charge < -0.3 is 0 Å². The molecule has 2 saturated carbocycles. The summed E-state index contributed by atoms with van der Waals surface area (Å²) in [6.45, 7) is 0. The highest BCUT2D eigenvalue weighted by molar-refractivity contribution is 5.84. The Morgan fingerprint density at radius 3 is 2.86 bits per heavy atom. The van der Waals surface area contributed by atoms with E-state index in [0.717, 1.165) is 29.9 Å². The fourth-order valence-electron chi connectivity index (χ4n) is 4.65. The average molecular weight is 281 g/mol. The lowest BCUT2D eigenvalue weighted by atomic mass is 9.83. The third kappa shape index (κ3) is 2.34. The van der Waals surface area contributed by atoms with Crippen molar-refractivity contribution in [2.75, 3.05) is 0 Å². The molecular weight excluding hydrogens is 258 g/mol. The van der Waals surface area contributed by atoms with E-state index in [1.54, 1.807) is 0 Å². The number of hydrazine groups is 1. The van der Waals surface area contributed by atoms with Gasteiger partial charge >= 0.3 is 0 Å². The average Bonchev–Trinajstić information content (AvgIpc) is 3.15. The Bertz CT molecular complexity index is 634. The molecule has 2 aliphatic carbocycles. The molecule has 4 unspecified atom stereocenters. The number of benzene rings is 1. The van der Waals surface area contributed by atoms with Crippen LogP contribution in [0.1, 0.15) is 43.8 Å². The maximum atomic E-state index is 5.88. The Hall–Kier alpha value is -1.45. The van der Waals surface area contributed by atoms with Gasteiger partial charge in [-0.1, -0.05) is 30.7 Å². The van der Waals surface area contributed by atoms with Gasteiger partial charge in [-0.15, -0.1) is 0 Å². The number of pyridine rings is 1. The molecule has 4 rings (SSSR count). The molecule has 2 aromatic rings. The van der Waals surface area contributed by atoms with Crippen LogP contribution in [-0.2, 0) is 0 Å². The normalized spacial score (nSPS) is 29.1. The zero-order valence-electron chi connectivity index (χ0n) is 12.3. The Morgan fingerprint density at radius 1 is 1.19 bits per heavy atom. The minimum absolute atomic E-state index is 0.167. The molecule has 2 fully saturated rings. The second kappa shape index (κ2) is 5.39. The number of nitrogens with two attached hydrogens (primary N) is 1. The second-order valence-corrected chi connectivity index (χ2v) is 6.81. The predicted octanol–water partition coefficient (Wildman–Crippen LogP) is 3.57. The highest BCUT2D eigenvalue weighted by atomic mass is 15.2. The maximum absolute atomic E-state index is 5.88. The monoisotopic (exact) mass is 281 g/mol. The zero-order valence-corrected chi connectivity index (χ0v) is 12.3. The van der Waals surface area contributed by atoms with Crippen molar-refractivity contribution in [3.05, 3.63) is 42.2 Å². The number of nitrogens with zero attached hydrogens (tertiary/aromatic N) is 1. The second-order valence-electron chi connectivity index (χ2n) is 6.81. The van der Waals surface area contributed by atoms with Gasteiger partial charge in [0, 0.05) is 11.6 Å². The van der Waals surface area contributed by atoms with Gasteiger partial charge in [0.15, 0.2) is 0 Å². The van der Waals surface area contributed by atoms with Crippen molar-refractivity contribution in [2.24, 2.45) is 23.6 Å². The van der Waals surface area contributed by atoms with Crippen LogP contribution in [0.25, 0.3) is 10.8 Å². The van der Waals surface area contributed by atoms with Crippen LogP contribution < -0.4 is 11.3 Å². The Balaban J connectivity index is 1.62. The smallest absolute Gasteiger partial charge is 0.0664 e. The minimum Gasteiger partial charge on any atom is -0.271 e. The number of nitrogens with one attached hydrogen (secondary N) is 1. The molecule has 4 atom stereocenters. The molecule has 110 valence electrons. The summed E-state index contributed by atoms with van der Waals surface area (Å²) in [5, 5.41) is 2.47. The van der Waals surface area contributed by atoms with Crippen LogP contribution in [0.5, 0.6) is 0 Å². The van der Waals surface area contributed by atoms with Crippen molar-refractivity contribution in [3.63, 3.8) is 0 Å². The summed E-state index contributed by atoms with van der Waals surface area (Å²) in [6, 6.07) is 10.7. The lowest BCUT2D eigenvalue weighted by Crippen LogP contribution is -2.31. The molecule has 0 amide bonds. The molecule has 2 bridgehead atoms. The van der Waals surface area contributed by atoms with E-state index in [1.807, 2.05) is 6.20 Å². The summed E-state index contributed by atoms with van der Waals surface area (Å²) in [7, 11) is 0. The SMILES string of the molecule is NNC(CC1CC2CCC1C2)c1nccc2ccccc12. The van der Waals surface area contributed by atoms with Gasteiger partial charge in [-0.25, -0.2) is 0 Å². The molecule has 1 aromatic heterocycles. The van der Waals surface area contributed by atoms with Crippen LogP contribution in [0.15, 0.2) is 36.5 Å². The largest absolute Gasteiger partial charge is 0.271 e. The quantitative estimate of drug-likeness (QED) is 0.665. The molecule has 0 spiro atoms. The topological polar surface area (TPSA) is 50.9 Å². The summed E-state index contributed by atoms with van der Waals surface area (Å²) in [6.07, 6.45) is 8.75. The van der Waals surface area contributed by atoms with E-state index in [9.17, 15) is 0 Å². The zero-order chi connectivity index (χ0) is 14.2. The van der Waals surface area contributed by atoms with Crippen molar-refractivity contribution < 1.29 is 0 Å². The molecule has 1 heterocycles. The summed E-state index contributed by atoms with van der Waals surface area (Å²) in [5.74, 6) is 8.62. The van der Waals surface area contributed by atoms with E-state index < -0.39 is 0 Å². The maximum Gasteiger partial charge on any atom is 0.0664 e. The fourth-order valence-corrected chi connectivity index (χ4v) is 4.65. The number of aromatic nitrogens is 1. The van der Waals surface area contributed by atoms with Crippen molar-refractivity contribution in [3.8, 4) is 0 Å². The van der Waals surface area contributed by atoms with Gasteiger partial charge in [0.1, 0.15) is 0 Å². The lowest BCUT2D eigenvalue weighted by molar-refractivity contribution is 0.279. The third-order valence-corrected chi connectivity index (χ3v) is 5.66. The van der Waals surface area contributed by atoms with Crippen LogP contribution in [0.4, 0.5) is 0 Å². The van der Waals surface area contributed by atoms with Crippen molar-refractivity contribution in [1.29, 1.82) is 0 Å². The Morgan fingerprint density at radius 2 is 2.10 bits per heavy atom. The van der Waals surface area contributed by atoms with E-state index >= 15 is 0 Å². The lowest BCUT2D eigenvalue weighted by Gasteiger charge is -2.26. The first-order valence-electron chi connectivity index (χ1n) is 8.15. The highest BCUT2D eigenvalue weighted by Crippen LogP contribution is 2.51. The Kier molecular flexibility index (Phi) is 3.40. The summed E-state index contributed by atoms with van der Waals surface area (Å²) in [5.41, 5.74) is 4.14. The minimum atomic E-state index is 0.167. The number of fused-ring (bicyclic) bond motifs is 3. The molecule has 2 aliphatic rings. The van der Waals surface area contributed by atoms with Crippen molar-refractivity contribution in [2.45, 2.75) is 38.1 Å². The standard InChI is InChI=1S/C18H23N3/c19-21-17(11-15-10-12-5-6-14(15)9-12)18-16-4-2-1-3-13(16)7-8-20-18/h1-4,7-8,12,14-15,17,21H,5-6,9-11,19H2. The van der Waals surface area contributed by atoms with Gasteiger partial charge in [0.25, 0.3) is 0 Å². The van der Waals surface area contributed by atoms with E-state index in [1.165, 1.54) is 36.5 Å². The molecule has 0 radical (unpaired) electrons. The van der Waals surface area contributed by atoms with Crippen molar-refractivity contribution >= 4 is 10.8 Å². The molecular formula is C18H23N3. The van der Waals surface area contributed by atoms with E-state index in [0.29, 0.717) is 0 Å². The van der Waals surface area contributed by atoms with Crippen LogP contribution in [-0.4, -0.2) is 4.98 Å². The first-order valence-corrected chi connectivity index (χ1v) is 8.15. The van der Waals surface area contributed by atoms with E-state index in [4.69, 9.17) is 5.84 Å². The molecule has 21 heavy (non-hydrogen) atoms. The van der Waals surface area contributed by atoms with Crippen LogP contribution in [0.3, 0.4) is 0 Å². The van der Waals surface area contributed by atoms with Gasteiger partial charge in [-0.3, -0.25) is 16.3 Å². The molecule has 0 saturated heterocycles. The molecule has 3 nitrogen and oxygen atoms in total. The fraction of sp³-hybridized carbons (Fsp3) is 0.500. The number of hydrogen-bond acceptors (Lipinski definition) is 3. The van der Waals surface area contributed by atoms with Crippen LogP contribution in [0, 0.1) is 17.8 Å². The van der Waals surface area contributed by atoms with Gasteiger partial charge in [0.05, 0.1) is 11.7 Å². The molecule has 3 N–H and O–H groups in total. The van der Waals surface area contributed by atoms with E-state index in [2.05, 4.69) is 40.7 Å². The van der Waals surface area contributed by atoms with Gasteiger partial charge in [-0.2, -0.15) is 0 Å². The summed E-state index contributed by atoms with van der Waals surface area (Å²) < 4.78 is 0. The third-order valence-electron chi connectivity index (χ3n) is 5.66. The van der Waals surface area contributed by atoms with E-state index in [-0.39, 0.29) is 6.04 Å². The van der Waals surface area contributed by atoms with Crippen LogP contribution >= 0.6 is 0 Å². The van der Waals surface area contributed by atoms with Gasteiger partial charge in [-0.05, 0) is 54.9 Å².